The first-order chi connectivity index (χ1) is 14.0. The summed E-state index contributed by atoms with van der Waals surface area (Å²) in [6.07, 6.45) is 5.75. The molecule has 0 spiro atoms. The lowest BCUT2D eigenvalue weighted by Gasteiger charge is -2.52. The van der Waals surface area contributed by atoms with Gasteiger partial charge in [-0.1, -0.05) is 25.5 Å². The van der Waals surface area contributed by atoms with E-state index in [1.54, 1.807) is 6.26 Å². The van der Waals surface area contributed by atoms with Crippen LogP contribution in [-0.2, 0) is 16.0 Å². The highest BCUT2D eigenvalue weighted by molar-refractivity contribution is 5.94. The van der Waals surface area contributed by atoms with Crippen molar-refractivity contribution < 1.29 is 24.2 Å². The number of hydrogen-bond donors (Lipinski definition) is 2. The van der Waals surface area contributed by atoms with Crippen molar-refractivity contribution in [3.05, 3.63) is 35.3 Å². The Morgan fingerprint density at radius 1 is 1.27 bits per heavy atom. The molecule has 0 aromatic carbocycles. The molecule has 2 heterocycles. The number of carbonyl (C=O) groups is 1. The van der Waals surface area contributed by atoms with Crippen LogP contribution in [0.3, 0.4) is 0 Å². The fraction of sp³-hybridized carbons (Fsp3) is 0.720. The molecule has 2 saturated carbocycles. The fourth-order valence-corrected chi connectivity index (χ4v) is 6.66. The molecule has 1 saturated heterocycles. The minimum Gasteiger partial charge on any atom is -0.469 e. The van der Waals surface area contributed by atoms with E-state index in [0.29, 0.717) is 12.8 Å². The maximum atomic E-state index is 13.9. The molecule has 4 rings (SSSR count). The summed E-state index contributed by atoms with van der Waals surface area (Å²) in [7, 11) is 0. The molecule has 1 aromatic heterocycles. The summed E-state index contributed by atoms with van der Waals surface area (Å²) in [5, 5.41) is 23.8. The lowest BCUT2D eigenvalue weighted by Crippen LogP contribution is -2.69. The summed E-state index contributed by atoms with van der Waals surface area (Å²) >= 11 is 0. The van der Waals surface area contributed by atoms with E-state index in [9.17, 15) is 15.0 Å². The van der Waals surface area contributed by atoms with Crippen LogP contribution in [0.5, 0.6) is 0 Å². The molecule has 0 amide bonds. The van der Waals surface area contributed by atoms with Crippen LogP contribution < -0.4 is 0 Å². The lowest BCUT2D eigenvalue weighted by molar-refractivity contribution is -0.193. The van der Waals surface area contributed by atoms with Crippen molar-refractivity contribution in [1.29, 1.82) is 0 Å². The zero-order valence-corrected chi connectivity index (χ0v) is 19.1. The van der Waals surface area contributed by atoms with Crippen LogP contribution in [0.15, 0.2) is 28.4 Å². The van der Waals surface area contributed by atoms with E-state index < -0.39 is 28.8 Å². The Balaban J connectivity index is 1.78. The van der Waals surface area contributed by atoms with Crippen molar-refractivity contribution in [1.82, 2.24) is 0 Å². The number of allylic oxidation sites excluding steroid dienone is 1. The molecule has 5 nitrogen and oxygen atoms in total. The Morgan fingerprint density at radius 3 is 2.57 bits per heavy atom. The van der Waals surface area contributed by atoms with Gasteiger partial charge in [0, 0.05) is 12.3 Å². The maximum Gasteiger partial charge on any atom is 0.173 e. The third-order valence-electron chi connectivity index (χ3n) is 8.44. The Kier molecular flexibility index (Phi) is 5.12. The van der Waals surface area contributed by atoms with Gasteiger partial charge in [-0.15, -0.1) is 0 Å². The van der Waals surface area contributed by atoms with Gasteiger partial charge in [-0.05, 0) is 70.4 Å². The van der Waals surface area contributed by atoms with Gasteiger partial charge in [-0.3, -0.25) is 4.79 Å². The molecule has 1 aliphatic heterocycles. The standard InChI is InChI=1S/C25H36O5/c1-14(2)13-20-25(28)17(5)18-8-7-16(4)24(18,27)22(26)21(25)23(6,30-20)11-9-19-15(3)10-12-29-19/h10,12-13,16-18,20-21,27-28H,7-9,11H2,1-6H3/t16-,17-,18-,20+,21-,23-,24+,25-/m1/s1. The van der Waals surface area contributed by atoms with Crippen molar-refractivity contribution in [3.63, 3.8) is 0 Å². The first-order valence-corrected chi connectivity index (χ1v) is 11.3. The van der Waals surface area contributed by atoms with Crippen LogP contribution in [0, 0.1) is 30.6 Å². The van der Waals surface area contributed by atoms with Gasteiger partial charge in [0.05, 0.1) is 17.8 Å². The van der Waals surface area contributed by atoms with Gasteiger partial charge < -0.3 is 19.4 Å². The Labute approximate surface area is 179 Å². The van der Waals surface area contributed by atoms with E-state index in [-0.39, 0.29) is 23.5 Å². The molecule has 5 heteroatoms. The highest BCUT2D eigenvalue weighted by atomic mass is 16.5. The number of aliphatic hydroxyl groups is 2. The third kappa shape index (κ3) is 2.81. The molecule has 1 aromatic rings. The van der Waals surface area contributed by atoms with Crippen molar-refractivity contribution >= 4 is 5.78 Å². The summed E-state index contributed by atoms with van der Waals surface area (Å²) in [4.78, 5) is 13.9. The van der Waals surface area contributed by atoms with Crippen LogP contribution in [-0.4, -0.2) is 38.9 Å². The molecule has 2 N–H and O–H groups in total. The molecule has 30 heavy (non-hydrogen) atoms. The molecule has 8 atom stereocenters. The molecule has 166 valence electrons. The number of rotatable bonds is 4. The van der Waals surface area contributed by atoms with Crippen LogP contribution in [0.25, 0.3) is 0 Å². The molecular formula is C25H36O5. The first-order valence-electron chi connectivity index (χ1n) is 11.3. The second-order valence-corrected chi connectivity index (χ2v) is 10.5. The van der Waals surface area contributed by atoms with E-state index in [2.05, 4.69) is 0 Å². The number of ether oxygens (including phenoxy) is 1. The summed E-state index contributed by atoms with van der Waals surface area (Å²) in [5.41, 5.74) is -1.50. The van der Waals surface area contributed by atoms with Gasteiger partial charge in [-0.25, -0.2) is 0 Å². The SMILES string of the molecule is CC(C)=C[C@@H]1O[C@](C)(CCc2occc2C)[C@H]2C(=O)[C@]3(O)[C@H](C)CC[C@@H]3[C@@H](C)[C@@]12O. The smallest absolute Gasteiger partial charge is 0.173 e. The summed E-state index contributed by atoms with van der Waals surface area (Å²) in [6, 6.07) is 1.93. The minimum atomic E-state index is -1.39. The van der Waals surface area contributed by atoms with Gasteiger partial charge in [0.15, 0.2) is 5.78 Å². The second-order valence-electron chi connectivity index (χ2n) is 10.5. The van der Waals surface area contributed by atoms with Crippen molar-refractivity contribution in [2.75, 3.05) is 0 Å². The Hall–Kier alpha value is -1.43. The maximum absolute atomic E-state index is 13.9. The van der Waals surface area contributed by atoms with Crippen LogP contribution in [0.4, 0.5) is 0 Å². The predicted octanol–water partition coefficient (Wildman–Crippen LogP) is 3.99. The zero-order chi connectivity index (χ0) is 22.1. The van der Waals surface area contributed by atoms with Crippen molar-refractivity contribution in [3.8, 4) is 0 Å². The minimum absolute atomic E-state index is 0.110. The average molecular weight is 417 g/mol. The third-order valence-corrected chi connectivity index (χ3v) is 8.44. The van der Waals surface area contributed by atoms with E-state index in [0.717, 1.165) is 29.7 Å². The first kappa shape index (κ1) is 21.8. The number of Topliss-reactive ketones (excluding diaryl/α,β-unsaturated/α-hetero) is 1. The number of carbonyl (C=O) groups excluding carboxylic acids is 1. The predicted molar refractivity (Wildman–Crippen MR) is 114 cm³/mol. The van der Waals surface area contributed by atoms with Crippen LogP contribution in [0.2, 0.25) is 0 Å². The molecule has 3 aliphatic rings. The molecular weight excluding hydrogens is 380 g/mol. The van der Waals surface area contributed by atoms with Crippen molar-refractivity contribution in [2.45, 2.75) is 90.1 Å². The monoisotopic (exact) mass is 416 g/mol. The van der Waals surface area contributed by atoms with E-state index >= 15 is 0 Å². The summed E-state index contributed by atoms with van der Waals surface area (Å²) < 4.78 is 12.1. The van der Waals surface area contributed by atoms with Crippen LogP contribution in [0.1, 0.15) is 65.2 Å². The van der Waals surface area contributed by atoms with Gasteiger partial charge in [-0.2, -0.15) is 0 Å². The van der Waals surface area contributed by atoms with Gasteiger partial charge >= 0.3 is 0 Å². The average Bonchev–Trinajstić information content (AvgIpc) is 3.27. The molecule has 0 radical (unpaired) electrons. The number of fused-ring (bicyclic) bond motifs is 2. The molecule has 0 unspecified atom stereocenters. The highest BCUT2D eigenvalue weighted by Gasteiger charge is 2.75. The topological polar surface area (TPSA) is 79.9 Å². The second kappa shape index (κ2) is 7.04. The number of aryl methyl sites for hydroxylation is 2. The van der Waals surface area contributed by atoms with E-state index in [4.69, 9.17) is 9.15 Å². The Morgan fingerprint density at radius 2 is 1.97 bits per heavy atom. The summed E-state index contributed by atoms with van der Waals surface area (Å²) in [6.45, 7) is 11.8. The normalized spacial score (nSPS) is 45.3. The highest BCUT2D eigenvalue weighted by Crippen LogP contribution is 2.62. The molecule has 2 aliphatic carbocycles. The van der Waals surface area contributed by atoms with Gasteiger partial charge in [0.2, 0.25) is 0 Å². The van der Waals surface area contributed by atoms with Gasteiger partial charge in [0.25, 0.3) is 0 Å². The van der Waals surface area contributed by atoms with Crippen LogP contribution >= 0.6 is 0 Å². The number of hydrogen-bond acceptors (Lipinski definition) is 5. The fourth-order valence-electron chi connectivity index (χ4n) is 6.66. The lowest BCUT2D eigenvalue weighted by atomic mass is 9.53. The summed E-state index contributed by atoms with van der Waals surface area (Å²) in [5.74, 6) is -0.744. The quantitative estimate of drug-likeness (QED) is 0.726. The van der Waals surface area contributed by atoms with Crippen molar-refractivity contribution in [2.24, 2.45) is 23.7 Å². The largest absolute Gasteiger partial charge is 0.469 e. The van der Waals surface area contributed by atoms with Gasteiger partial charge in [0.1, 0.15) is 23.1 Å². The number of ketones is 1. The molecule has 0 bridgehead atoms. The van der Waals surface area contributed by atoms with E-state index in [1.807, 2.05) is 53.7 Å². The zero-order valence-electron chi connectivity index (χ0n) is 19.1. The Bertz CT molecular complexity index is 867. The number of furan rings is 1. The van der Waals surface area contributed by atoms with E-state index in [1.165, 1.54) is 0 Å². The molecule has 3 fully saturated rings.